The maximum Gasteiger partial charge on any atom is 0.318 e. The molecule has 1 rings (SSSR count). The molecule has 0 amide bonds. The smallest absolute Gasteiger partial charge is 0.318 e. The summed E-state index contributed by atoms with van der Waals surface area (Å²) in [7, 11) is -3.73. The Kier molecular flexibility index (Phi) is 5.50. The molecule has 0 saturated heterocycles. The van der Waals surface area contributed by atoms with E-state index in [9.17, 15) is 13.2 Å². The maximum absolute atomic E-state index is 12.3. The molecule has 1 N–H and O–H groups in total. The Morgan fingerprint density at radius 2 is 1.79 bits per heavy atom. The SMILES string of the molecule is CCCN(CC(=O)O)S(=O)(=O)c1ccc(CC)cc1. The fourth-order valence-electron chi connectivity index (χ4n) is 1.73. The Morgan fingerprint density at radius 1 is 1.21 bits per heavy atom. The molecule has 0 aliphatic carbocycles. The summed E-state index contributed by atoms with van der Waals surface area (Å²) in [5, 5.41) is 8.80. The average molecular weight is 285 g/mol. The molecule has 0 atom stereocenters. The topological polar surface area (TPSA) is 74.7 Å². The molecule has 5 nitrogen and oxygen atoms in total. The second-order valence-corrected chi connectivity index (χ2v) is 6.17. The molecule has 106 valence electrons. The summed E-state index contributed by atoms with van der Waals surface area (Å²) in [6.45, 7) is 3.48. The molecular weight excluding hydrogens is 266 g/mol. The number of carbonyl (C=O) groups is 1. The van der Waals surface area contributed by atoms with E-state index in [1.165, 1.54) is 12.1 Å². The lowest BCUT2D eigenvalue weighted by atomic mass is 10.2. The third-order valence-corrected chi connectivity index (χ3v) is 4.61. The van der Waals surface area contributed by atoms with Gasteiger partial charge >= 0.3 is 5.97 Å². The number of nitrogens with zero attached hydrogens (tertiary/aromatic N) is 1. The third-order valence-electron chi connectivity index (χ3n) is 2.75. The van der Waals surface area contributed by atoms with Gasteiger partial charge in [-0.3, -0.25) is 4.79 Å². The van der Waals surface area contributed by atoms with Gasteiger partial charge in [0.25, 0.3) is 0 Å². The molecule has 0 unspecified atom stereocenters. The second-order valence-electron chi connectivity index (χ2n) is 4.23. The van der Waals surface area contributed by atoms with Crippen molar-refractivity contribution in [3.05, 3.63) is 29.8 Å². The third kappa shape index (κ3) is 4.04. The molecule has 19 heavy (non-hydrogen) atoms. The molecule has 0 bridgehead atoms. The number of hydrogen-bond acceptors (Lipinski definition) is 3. The van der Waals surface area contributed by atoms with Crippen molar-refractivity contribution in [3.8, 4) is 0 Å². The lowest BCUT2D eigenvalue weighted by molar-refractivity contribution is -0.137. The van der Waals surface area contributed by atoms with E-state index in [1.807, 2.05) is 13.8 Å². The van der Waals surface area contributed by atoms with Crippen LogP contribution in [0.25, 0.3) is 0 Å². The van der Waals surface area contributed by atoms with Crippen molar-refractivity contribution in [3.63, 3.8) is 0 Å². The first-order chi connectivity index (χ1) is 8.91. The highest BCUT2D eigenvalue weighted by atomic mass is 32.2. The Hall–Kier alpha value is -1.40. The first kappa shape index (κ1) is 15.7. The lowest BCUT2D eigenvalue weighted by Crippen LogP contribution is -2.36. The molecule has 0 aliphatic rings. The summed E-state index contributed by atoms with van der Waals surface area (Å²) in [6, 6.07) is 6.55. The first-order valence-electron chi connectivity index (χ1n) is 6.22. The van der Waals surface area contributed by atoms with E-state index in [2.05, 4.69) is 0 Å². The number of rotatable bonds is 7. The minimum atomic E-state index is -3.73. The minimum absolute atomic E-state index is 0.138. The van der Waals surface area contributed by atoms with Crippen LogP contribution >= 0.6 is 0 Å². The van der Waals surface area contributed by atoms with Crippen LogP contribution in [0.5, 0.6) is 0 Å². The van der Waals surface area contributed by atoms with Gasteiger partial charge in [-0.05, 0) is 30.5 Å². The van der Waals surface area contributed by atoms with E-state index in [4.69, 9.17) is 5.11 Å². The van der Waals surface area contributed by atoms with Crippen LogP contribution in [-0.4, -0.2) is 36.9 Å². The average Bonchev–Trinajstić information content (AvgIpc) is 2.38. The molecule has 0 radical (unpaired) electrons. The van der Waals surface area contributed by atoms with Crippen LogP contribution in [0.15, 0.2) is 29.2 Å². The van der Waals surface area contributed by atoms with Crippen molar-refractivity contribution in [1.82, 2.24) is 4.31 Å². The highest BCUT2D eigenvalue weighted by Gasteiger charge is 2.25. The molecule has 0 heterocycles. The van der Waals surface area contributed by atoms with Crippen molar-refractivity contribution >= 4 is 16.0 Å². The van der Waals surface area contributed by atoms with Gasteiger partial charge in [0, 0.05) is 6.54 Å². The number of carboxylic acid groups (broad SMARTS) is 1. The van der Waals surface area contributed by atoms with Crippen LogP contribution in [0.3, 0.4) is 0 Å². The summed E-state index contributed by atoms with van der Waals surface area (Å²) >= 11 is 0. The van der Waals surface area contributed by atoms with E-state index in [0.29, 0.717) is 6.42 Å². The first-order valence-corrected chi connectivity index (χ1v) is 7.66. The van der Waals surface area contributed by atoms with Gasteiger partial charge in [-0.2, -0.15) is 4.31 Å². The molecule has 1 aromatic carbocycles. The van der Waals surface area contributed by atoms with Crippen LogP contribution in [0.1, 0.15) is 25.8 Å². The van der Waals surface area contributed by atoms with Crippen molar-refractivity contribution in [1.29, 1.82) is 0 Å². The molecule has 1 aromatic rings. The van der Waals surface area contributed by atoms with Gasteiger partial charge in [0.2, 0.25) is 10.0 Å². The van der Waals surface area contributed by atoms with Crippen molar-refractivity contribution < 1.29 is 18.3 Å². The Labute approximate surface area is 113 Å². The molecule has 0 aromatic heterocycles. The summed E-state index contributed by atoms with van der Waals surface area (Å²) < 4.78 is 25.6. The maximum atomic E-state index is 12.3. The predicted molar refractivity (Wildman–Crippen MR) is 72.5 cm³/mol. The number of benzene rings is 1. The van der Waals surface area contributed by atoms with E-state index in [0.717, 1.165) is 16.3 Å². The summed E-state index contributed by atoms with van der Waals surface area (Å²) in [5.41, 5.74) is 1.04. The summed E-state index contributed by atoms with van der Waals surface area (Å²) in [6.07, 6.45) is 1.40. The van der Waals surface area contributed by atoms with E-state index >= 15 is 0 Å². The van der Waals surface area contributed by atoms with Crippen molar-refractivity contribution in [2.75, 3.05) is 13.1 Å². The summed E-state index contributed by atoms with van der Waals surface area (Å²) in [4.78, 5) is 10.9. The predicted octanol–water partition coefficient (Wildman–Crippen LogP) is 1.73. The number of aryl methyl sites for hydroxylation is 1. The molecular formula is C13H19NO4S. The molecule has 0 fully saturated rings. The highest BCUT2D eigenvalue weighted by Crippen LogP contribution is 2.17. The zero-order valence-electron chi connectivity index (χ0n) is 11.2. The Bertz CT molecular complexity index is 522. The van der Waals surface area contributed by atoms with Gasteiger partial charge in [0.05, 0.1) is 4.90 Å². The normalized spacial score (nSPS) is 11.7. The van der Waals surface area contributed by atoms with Gasteiger partial charge in [-0.1, -0.05) is 26.0 Å². The fourth-order valence-corrected chi connectivity index (χ4v) is 3.21. The monoisotopic (exact) mass is 285 g/mol. The Balaban J connectivity index is 3.06. The molecule has 0 aliphatic heterocycles. The molecule has 0 saturated carbocycles. The highest BCUT2D eigenvalue weighted by molar-refractivity contribution is 7.89. The van der Waals surface area contributed by atoms with Gasteiger partial charge in [-0.15, -0.1) is 0 Å². The zero-order valence-corrected chi connectivity index (χ0v) is 12.0. The molecule has 0 spiro atoms. The van der Waals surface area contributed by atoms with Gasteiger partial charge in [-0.25, -0.2) is 8.42 Å². The number of sulfonamides is 1. The van der Waals surface area contributed by atoms with Gasteiger partial charge in [0.1, 0.15) is 6.54 Å². The van der Waals surface area contributed by atoms with Gasteiger partial charge in [0.15, 0.2) is 0 Å². The number of aliphatic carboxylic acids is 1. The standard InChI is InChI=1S/C13H19NO4S/c1-3-9-14(10-13(15)16)19(17,18)12-7-5-11(4-2)6-8-12/h5-8H,3-4,9-10H2,1-2H3,(H,15,16). The lowest BCUT2D eigenvalue weighted by Gasteiger charge is -2.19. The fraction of sp³-hybridized carbons (Fsp3) is 0.462. The Morgan fingerprint density at radius 3 is 2.21 bits per heavy atom. The minimum Gasteiger partial charge on any atom is -0.480 e. The van der Waals surface area contributed by atoms with Crippen molar-refractivity contribution in [2.45, 2.75) is 31.6 Å². The van der Waals surface area contributed by atoms with Crippen LogP contribution in [0.4, 0.5) is 0 Å². The van der Waals surface area contributed by atoms with E-state index < -0.39 is 22.5 Å². The zero-order chi connectivity index (χ0) is 14.5. The molecule has 6 heteroatoms. The second kappa shape index (κ2) is 6.68. The quantitative estimate of drug-likeness (QED) is 0.828. The van der Waals surface area contributed by atoms with Crippen LogP contribution in [0.2, 0.25) is 0 Å². The van der Waals surface area contributed by atoms with E-state index in [1.54, 1.807) is 12.1 Å². The number of hydrogen-bond donors (Lipinski definition) is 1. The summed E-state index contributed by atoms with van der Waals surface area (Å²) in [5.74, 6) is -1.15. The van der Waals surface area contributed by atoms with Crippen LogP contribution < -0.4 is 0 Å². The van der Waals surface area contributed by atoms with Crippen LogP contribution in [-0.2, 0) is 21.2 Å². The van der Waals surface area contributed by atoms with Crippen molar-refractivity contribution in [2.24, 2.45) is 0 Å². The number of carboxylic acids is 1. The van der Waals surface area contributed by atoms with E-state index in [-0.39, 0.29) is 11.4 Å². The largest absolute Gasteiger partial charge is 0.480 e. The van der Waals surface area contributed by atoms with Crippen LogP contribution in [0, 0.1) is 0 Å². The van der Waals surface area contributed by atoms with Gasteiger partial charge < -0.3 is 5.11 Å².